The van der Waals surface area contributed by atoms with Gasteiger partial charge >= 0.3 is 0 Å². The molecule has 1 aromatic rings. The minimum Gasteiger partial charge on any atom is -0.350 e. The number of primary sulfonamides is 1. The first-order chi connectivity index (χ1) is 8.58. The van der Waals surface area contributed by atoms with Gasteiger partial charge in [0.05, 0.1) is 5.69 Å². The zero-order chi connectivity index (χ0) is 14.8. The van der Waals surface area contributed by atoms with Gasteiger partial charge < -0.3 is 5.32 Å². The molecule has 7 nitrogen and oxygen atoms in total. The summed E-state index contributed by atoms with van der Waals surface area (Å²) in [6.07, 6.45) is 0.884. The number of aryl methyl sites for hydroxylation is 1. The Hall–Kier alpha value is -1.41. The summed E-state index contributed by atoms with van der Waals surface area (Å²) < 4.78 is 22.9. The number of carbonyl (C=O) groups is 1. The third-order valence-corrected chi connectivity index (χ3v) is 4.14. The number of sulfonamides is 1. The van der Waals surface area contributed by atoms with E-state index in [1.54, 1.807) is 0 Å². The second-order valence-corrected chi connectivity index (χ2v) is 6.77. The normalized spacial score (nSPS) is 12.5. The van der Waals surface area contributed by atoms with Crippen LogP contribution < -0.4 is 10.5 Å². The van der Waals surface area contributed by atoms with Gasteiger partial charge in [-0.2, -0.15) is 5.10 Å². The van der Waals surface area contributed by atoms with E-state index in [1.807, 2.05) is 20.8 Å². The lowest BCUT2D eigenvalue weighted by molar-refractivity contribution is 0.0927. The Bertz CT molecular complexity index is 575. The third kappa shape index (κ3) is 3.77. The number of rotatable bonds is 5. The number of hydrogen-bond acceptors (Lipinski definition) is 4. The Morgan fingerprint density at radius 2 is 2.05 bits per heavy atom. The molecule has 1 amide bonds. The van der Waals surface area contributed by atoms with Crippen LogP contribution in [-0.2, 0) is 10.0 Å². The molecule has 8 heteroatoms. The molecule has 1 rings (SSSR count). The molecule has 1 aromatic heterocycles. The predicted molar refractivity (Wildman–Crippen MR) is 71.1 cm³/mol. The summed E-state index contributed by atoms with van der Waals surface area (Å²) >= 11 is 0. The summed E-state index contributed by atoms with van der Waals surface area (Å²) in [4.78, 5) is 11.7. The highest BCUT2D eigenvalue weighted by molar-refractivity contribution is 7.89. The van der Waals surface area contributed by atoms with Gasteiger partial charge in [-0.1, -0.05) is 20.8 Å². The van der Waals surface area contributed by atoms with Crippen LogP contribution in [-0.4, -0.2) is 31.1 Å². The third-order valence-electron chi connectivity index (χ3n) is 3.08. The lowest BCUT2D eigenvalue weighted by Crippen LogP contribution is -2.34. The summed E-state index contributed by atoms with van der Waals surface area (Å²) in [5.74, 6) is -0.546. The summed E-state index contributed by atoms with van der Waals surface area (Å²) in [5, 5.41) is 13.9. The molecule has 19 heavy (non-hydrogen) atoms. The first-order valence-electron chi connectivity index (χ1n) is 5.94. The average Bonchev–Trinajstić information content (AvgIpc) is 2.68. The van der Waals surface area contributed by atoms with E-state index < -0.39 is 15.9 Å². The van der Waals surface area contributed by atoms with E-state index in [2.05, 4.69) is 15.5 Å². The molecule has 0 saturated carbocycles. The first kappa shape index (κ1) is 15.6. The lowest BCUT2D eigenvalue weighted by Gasteiger charge is -2.22. The summed E-state index contributed by atoms with van der Waals surface area (Å²) in [5.41, 5.74) is -0.00253. The predicted octanol–water partition coefficient (Wildman–Crippen LogP) is 0.532. The highest BCUT2D eigenvalue weighted by atomic mass is 32.2. The van der Waals surface area contributed by atoms with Crippen LogP contribution in [0.25, 0.3) is 0 Å². The van der Waals surface area contributed by atoms with E-state index in [0.29, 0.717) is 6.54 Å². The Morgan fingerprint density at radius 3 is 2.53 bits per heavy atom. The van der Waals surface area contributed by atoms with Crippen LogP contribution in [0.3, 0.4) is 0 Å². The van der Waals surface area contributed by atoms with Crippen molar-refractivity contribution in [2.45, 2.75) is 39.0 Å². The van der Waals surface area contributed by atoms with Crippen LogP contribution >= 0.6 is 0 Å². The van der Waals surface area contributed by atoms with Gasteiger partial charge in [-0.05, 0) is 18.8 Å². The van der Waals surface area contributed by atoms with Crippen LogP contribution in [0.2, 0.25) is 0 Å². The molecule has 1 heterocycles. The van der Waals surface area contributed by atoms with E-state index in [1.165, 1.54) is 6.92 Å². The van der Waals surface area contributed by atoms with E-state index >= 15 is 0 Å². The molecule has 0 saturated heterocycles. The zero-order valence-electron chi connectivity index (χ0n) is 11.6. The maximum atomic E-state index is 12.0. The molecule has 0 aromatic carbocycles. The van der Waals surface area contributed by atoms with Crippen molar-refractivity contribution < 1.29 is 13.2 Å². The van der Waals surface area contributed by atoms with Crippen LogP contribution in [0.15, 0.2) is 4.90 Å². The number of amides is 1. The van der Waals surface area contributed by atoms with Crippen molar-refractivity contribution in [3.05, 3.63) is 11.4 Å². The van der Waals surface area contributed by atoms with Gasteiger partial charge in [0, 0.05) is 6.54 Å². The second kappa shape index (κ2) is 5.30. The topological polar surface area (TPSA) is 118 Å². The van der Waals surface area contributed by atoms with Crippen LogP contribution in [0, 0.1) is 12.3 Å². The monoisotopic (exact) mass is 288 g/mol. The molecule has 0 unspecified atom stereocenters. The molecular weight excluding hydrogens is 268 g/mol. The van der Waals surface area contributed by atoms with Crippen molar-refractivity contribution >= 4 is 15.9 Å². The molecule has 4 N–H and O–H groups in total. The number of nitrogens with one attached hydrogen (secondary N) is 2. The van der Waals surface area contributed by atoms with Crippen molar-refractivity contribution in [1.29, 1.82) is 0 Å². The molecule has 0 aliphatic carbocycles. The molecular formula is C11H20N4O3S. The van der Waals surface area contributed by atoms with Gasteiger partial charge in [0.15, 0.2) is 5.69 Å². The number of nitrogens with two attached hydrogens (primary N) is 1. The second-order valence-electron chi connectivity index (χ2n) is 5.27. The molecule has 0 bridgehead atoms. The maximum absolute atomic E-state index is 12.0. The molecule has 0 aliphatic heterocycles. The molecule has 0 spiro atoms. The fraction of sp³-hybridized carbons (Fsp3) is 0.636. The fourth-order valence-electron chi connectivity index (χ4n) is 1.45. The van der Waals surface area contributed by atoms with Crippen LogP contribution in [0.4, 0.5) is 0 Å². The standard InChI is InChI=1S/C11H20N4O3S/c1-5-11(3,4)6-13-10(16)8-9(19(12,17)18)7(2)14-15-8/h5-6H2,1-4H3,(H,13,16)(H,14,15)(H2,12,17,18). The average molecular weight is 288 g/mol. The van der Waals surface area contributed by atoms with Crippen LogP contribution in [0.1, 0.15) is 43.4 Å². The van der Waals surface area contributed by atoms with Gasteiger partial charge in [-0.3, -0.25) is 9.89 Å². The molecule has 0 fully saturated rings. The zero-order valence-corrected chi connectivity index (χ0v) is 12.4. The SMILES string of the molecule is CCC(C)(C)CNC(=O)c1n[nH]c(C)c1S(N)(=O)=O. The summed E-state index contributed by atoms with van der Waals surface area (Å²) in [6.45, 7) is 7.95. The van der Waals surface area contributed by atoms with E-state index in [9.17, 15) is 13.2 Å². The highest BCUT2D eigenvalue weighted by Gasteiger charge is 2.26. The number of aromatic amines is 1. The Kier molecular flexibility index (Phi) is 4.36. The maximum Gasteiger partial charge on any atom is 0.273 e. The number of carbonyl (C=O) groups excluding carboxylic acids is 1. The van der Waals surface area contributed by atoms with Gasteiger partial charge in [0.25, 0.3) is 5.91 Å². The van der Waals surface area contributed by atoms with Crippen molar-refractivity contribution in [2.75, 3.05) is 6.54 Å². The van der Waals surface area contributed by atoms with Crippen molar-refractivity contribution in [3.8, 4) is 0 Å². The van der Waals surface area contributed by atoms with Crippen molar-refractivity contribution in [3.63, 3.8) is 0 Å². The fourth-order valence-corrected chi connectivity index (χ4v) is 2.33. The summed E-state index contributed by atoms with van der Waals surface area (Å²) in [6, 6.07) is 0. The van der Waals surface area contributed by atoms with E-state index in [0.717, 1.165) is 6.42 Å². The Balaban J connectivity index is 2.97. The smallest absolute Gasteiger partial charge is 0.273 e. The Labute approximate surface area is 113 Å². The minimum absolute atomic E-state index is 0.0667. The van der Waals surface area contributed by atoms with E-state index in [-0.39, 0.29) is 21.7 Å². The Morgan fingerprint density at radius 1 is 1.47 bits per heavy atom. The van der Waals surface area contributed by atoms with Gasteiger partial charge in [-0.15, -0.1) is 0 Å². The van der Waals surface area contributed by atoms with Gasteiger partial charge in [0.2, 0.25) is 10.0 Å². The number of aromatic nitrogens is 2. The number of H-pyrrole nitrogens is 1. The first-order valence-corrected chi connectivity index (χ1v) is 7.49. The highest BCUT2D eigenvalue weighted by Crippen LogP contribution is 2.19. The quantitative estimate of drug-likeness (QED) is 0.732. The molecule has 0 atom stereocenters. The van der Waals surface area contributed by atoms with E-state index in [4.69, 9.17) is 5.14 Å². The molecule has 0 radical (unpaired) electrons. The number of hydrogen-bond donors (Lipinski definition) is 3. The van der Waals surface area contributed by atoms with Crippen molar-refractivity contribution in [1.82, 2.24) is 15.5 Å². The van der Waals surface area contributed by atoms with Crippen molar-refractivity contribution in [2.24, 2.45) is 10.6 Å². The molecule has 0 aliphatic rings. The largest absolute Gasteiger partial charge is 0.350 e. The molecule has 108 valence electrons. The summed E-state index contributed by atoms with van der Waals surface area (Å²) in [7, 11) is -3.98. The lowest BCUT2D eigenvalue weighted by atomic mass is 9.90. The minimum atomic E-state index is -3.98. The van der Waals surface area contributed by atoms with Crippen LogP contribution in [0.5, 0.6) is 0 Å². The van der Waals surface area contributed by atoms with Gasteiger partial charge in [0.1, 0.15) is 4.90 Å². The van der Waals surface area contributed by atoms with Gasteiger partial charge in [-0.25, -0.2) is 13.6 Å². The number of nitrogens with zero attached hydrogens (tertiary/aromatic N) is 1.